The minimum absolute atomic E-state index is 0.179. The van der Waals surface area contributed by atoms with Crippen molar-refractivity contribution in [3.8, 4) is 0 Å². The molecule has 0 spiro atoms. The van der Waals surface area contributed by atoms with Crippen LogP contribution in [0.25, 0.3) is 0 Å². The van der Waals surface area contributed by atoms with Gasteiger partial charge in [-0.3, -0.25) is 0 Å². The molecule has 72 valence electrons. The molecule has 1 aromatic rings. The van der Waals surface area contributed by atoms with Gasteiger partial charge in [-0.05, 0) is 12.0 Å². The Labute approximate surface area is 86.3 Å². The molecule has 0 aliphatic heterocycles. The predicted octanol–water partition coefficient (Wildman–Crippen LogP) is 3.77. The molecule has 0 fully saturated rings. The molecule has 0 nitrogen and oxygen atoms in total. The zero-order valence-corrected chi connectivity index (χ0v) is 8.45. The minimum atomic E-state index is -0.179. The fraction of sp³-hybridized carbons (Fsp3) is 0.143. The molecule has 14 heavy (non-hydrogen) atoms. The smallest absolute Gasteiger partial charge is 0.0274 e. The molecule has 0 radical (unpaired) electrons. The third kappa shape index (κ3) is 2.23. The largest absolute Gasteiger partial charge is 0.102 e. The van der Waals surface area contributed by atoms with Crippen molar-refractivity contribution in [2.45, 2.75) is 6.42 Å². The lowest BCUT2D eigenvalue weighted by Gasteiger charge is -2.22. The van der Waals surface area contributed by atoms with E-state index >= 15 is 0 Å². The van der Waals surface area contributed by atoms with Gasteiger partial charge in [-0.1, -0.05) is 48.6 Å². The van der Waals surface area contributed by atoms with E-state index in [-0.39, 0.29) is 5.41 Å². The van der Waals surface area contributed by atoms with Crippen molar-refractivity contribution in [2.24, 2.45) is 5.41 Å². The Morgan fingerprint density at radius 3 is 1.86 bits per heavy atom. The molecule has 0 saturated heterocycles. The highest BCUT2D eigenvalue weighted by atomic mass is 14.2. The Morgan fingerprint density at radius 2 is 1.43 bits per heavy atom. The summed E-state index contributed by atoms with van der Waals surface area (Å²) in [5.74, 6) is 0. The van der Waals surface area contributed by atoms with Gasteiger partial charge in [0.15, 0.2) is 0 Å². The summed E-state index contributed by atoms with van der Waals surface area (Å²) in [5, 5.41) is 0. The number of hydrogen-bond acceptors (Lipinski definition) is 0. The van der Waals surface area contributed by atoms with Gasteiger partial charge in [0.1, 0.15) is 0 Å². The molecule has 0 N–H and O–H groups in total. The van der Waals surface area contributed by atoms with Gasteiger partial charge in [-0.2, -0.15) is 0 Å². The van der Waals surface area contributed by atoms with E-state index in [1.165, 1.54) is 5.56 Å². The third-order valence-corrected chi connectivity index (χ3v) is 2.49. The van der Waals surface area contributed by atoms with Crippen LogP contribution >= 0.6 is 0 Å². The molecular formula is C14H16. The second-order valence-corrected chi connectivity index (χ2v) is 3.39. The van der Waals surface area contributed by atoms with Gasteiger partial charge in [0.05, 0.1) is 0 Å². The molecular weight excluding hydrogens is 168 g/mol. The number of benzene rings is 1. The molecule has 0 heterocycles. The average molecular weight is 184 g/mol. The second-order valence-electron chi connectivity index (χ2n) is 3.39. The lowest BCUT2D eigenvalue weighted by atomic mass is 9.82. The minimum Gasteiger partial charge on any atom is -0.102 e. The molecule has 1 rings (SSSR count). The molecule has 0 amide bonds. The van der Waals surface area contributed by atoms with Gasteiger partial charge in [0.2, 0.25) is 0 Å². The van der Waals surface area contributed by atoms with Crippen LogP contribution in [0, 0.1) is 5.41 Å². The van der Waals surface area contributed by atoms with Gasteiger partial charge >= 0.3 is 0 Å². The maximum absolute atomic E-state index is 3.83. The lowest BCUT2D eigenvalue weighted by molar-refractivity contribution is 0.629. The summed E-state index contributed by atoms with van der Waals surface area (Å²) in [7, 11) is 0. The van der Waals surface area contributed by atoms with Crippen molar-refractivity contribution in [3.05, 3.63) is 73.9 Å². The highest BCUT2D eigenvalue weighted by Gasteiger charge is 2.18. The highest BCUT2D eigenvalue weighted by molar-refractivity contribution is 5.25. The molecule has 0 atom stereocenters. The van der Waals surface area contributed by atoms with E-state index in [9.17, 15) is 0 Å². The van der Waals surface area contributed by atoms with Crippen LogP contribution in [-0.4, -0.2) is 0 Å². The summed E-state index contributed by atoms with van der Waals surface area (Å²) < 4.78 is 0. The number of rotatable bonds is 5. The van der Waals surface area contributed by atoms with Gasteiger partial charge in [0.25, 0.3) is 0 Å². The molecule has 0 saturated carbocycles. The Kier molecular flexibility index (Phi) is 3.47. The summed E-state index contributed by atoms with van der Waals surface area (Å²) >= 11 is 0. The second kappa shape index (κ2) is 4.61. The zero-order valence-electron chi connectivity index (χ0n) is 8.45. The first-order valence-corrected chi connectivity index (χ1v) is 4.71. The first-order valence-electron chi connectivity index (χ1n) is 4.71. The number of hydrogen-bond donors (Lipinski definition) is 0. The number of allylic oxidation sites excluding steroid dienone is 3. The van der Waals surface area contributed by atoms with E-state index in [2.05, 4.69) is 31.9 Å². The molecule has 0 aliphatic rings. The van der Waals surface area contributed by atoms with Crippen molar-refractivity contribution in [1.29, 1.82) is 0 Å². The standard InChI is InChI=1S/C14H16/c1-4-14(5-2,6-3)12-13-10-8-7-9-11-13/h4-11H,1-3,12H2. The monoisotopic (exact) mass is 184 g/mol. The van der Waals surface area contributed by atoms with Gasteiger partial charge < -0.3 is 0 Å². The SMILES string of the molecule is C=CC(C=C)(C=C)Cc1ccccc1. The van der Waals surface area contributed by atoms with Crippen LogP contribution in [0.5, 0.6) is 0 Å². The molecule has 1 aromatic carbocycles. The summed E-state index contributed by atoms with van der Waals surface area (Å²) in [4.78, 5) is 0. The van der Waals surface area contributed by atoms with E-state index in [1.807, 2.05) is 36.4 Å². The van der Waals surface area contributed by atoms with Crippen LogP contribution in [0.4, 0.5) is 0 Å². The van der Waals surface area contributed by atoms with E-state index < -0.39 is 0 Å². The predicted molar refractivity (Wildman–Crippen MR) is 63.2 cm³/mol. The quantitative estimate of drug-likeness (QED) is 0.611. The highest BCUT2D eigenvalue weighted by Crippen LogP contribution is 2.26. The van der Waals surface area contributed by atoms with Gasteiger partial charge in [0, 0.05) is 5.41 Å². The Morgan fingerprint density at radius 1 is 0.929 bits per heavy atom. The fourth-order valence-electron chi connectivity index (χ4n) is 1.42. The van der Waals surface area contributed by atoms with Crippen molar-refractivity contribution in [2.75, 3.05) is 0 Å². The summed E-state index contributed by atoms with van der Waals surface area (Å²) in [5.41, 5.74) is 1.09. The maximum atomic E-state index is 3.83. The van der Waals surface area contributed by atoms with Gasteiger partial charge in [-0.25, -0.2) is 0 Å². The first-order chi connectivity index (χ1) is 6.76. The van der Waals surface area contributed by atoms with Crippen molar-refractivity contribution < 1.29 is 0 Å². The molecule has 0 unspecified atom stereocenters. The van der Waals surface area contributed by atoms with Gasteiger partial charge in [-0.15, -0.1) is 19.7 Å². The van der Waals surface area contributed by atoms with Crippen molar-refractivity contribution in [1.82, 2.24) is 0 Å². The van der Waals surface area contributed by atoms with Crippen molar-refractivity contribution in [3.63, 3.8) is 0 Å². The van der Waals surface area contributed by atoms with Crippen molar-refractivity contribution >= 4 is 0 Å². The van der Waals surface area contributed by atoms with Crippen LogP contribution in [0.1, 0.15) is 5.56 Å². The van der Waals surface area contributed by atoms with Crippen LogP contribution < -0.4 is 0 Å². The van der Waals surface area contributed by atoms with Crippen LogP contribution in [-0.2, 0) is 6.42 Å². The van der Waals surface area contributed by atoms with E-state index in [0.29, 0.717) is 0 Å². The van der Waals surface area contributed by atoms with Crippen LogP contribution in [0.3, 0.4) is 0 Å². The molecule has 0 bridgehead atoms. The molecule has 0 aliphatic carbocycles. The molecule has 0 heteroatoms. The molecule has 0 aromatic heterocycles. The van der Waals surface area contributed by atoms with Crippen LogP contribution in [0.2, 0.25) is 0 Å². The summed E-state index contributed by atoms with van der Waals surface area (Å²) in [6, 6.07) is 10.3. The summed E-state index contributed by atoms with van der Waals surface area (Å²) in [6.45, 7) is 11.5. The Hall–Kier alpha value is -1.56. The third-order valence-electron chi connectivity index (χ3n) is 2.49. The normalized spacial score (nSPS) is 10.6. The van der Waals surface area contributed by atoms with Crippen LogP contribution in [0.15, 0.2) is 68.3 Å². The van der Waals surface area contributed by atoms with E-state index in [4.69, 9.17) is 0 Å². The van der Waals surface area contributed by atoms with E-state index in [1.54, 1.807) is 0 Å². The topological polar surface area (TPSA) is 0 Å². The fourth-order valence-corrected chi connectivity index (χ4v) is 1.42. The Bertz CT molecular complexity index is 297. The first kappa shape index (κ1) is 10.5. The maximum Gasteiger partial charge on any atom is 0.0274 e. The van der Waals surface area contributed by atoms with E-state index in [0.717, 1.165) is 6.42 Å². The summed E-state index contributed by atoms with van der Waals surface area (Å²) in [6.07, 6.45) is 6.55. The lowest BCUT2D eigenvalue weighted by Crippen LogP contribution is -2.14. The average Bonchev–Trinajstić information content (AvgIpc) is 2.28. The zero-order chi connectivity index (χ0) is 10.4. The Balaban J connectivity index is 2.90.